The summed E-state index contributed by atoms with van der Waals surface area (Å²) in [5.74, 6) is -0.945. The van der Waals surface area contributed by atoms with Gasteiger partial charge in [-0.1, -0.05) is 29.8 Å². The summed E-state index contributed by atoms with van der Waals surface area (Å²) in [6.45, 7) is 1.99. The fraction of sp³-hybridized carbons (Fsp3) is 0.136. The molecule has 1 heterocycles. The normalized spacial score (nSPS) is 11.1. The Morgan fingerprint density at radius 2 is 1.74 bits per heavy atom. The van der Waals surface area contributed by atoms with Crippen LogP contribution in [0.1, 0.15) is 31.8 Å². The van der Waals surface area contributed by atoms with Crippen molar-refractivity contribution in [3.8, 4) is 0 Å². The maximum absolute atomic E-state index is 12.7. The van der Waals surface area contributed by atoms with Gasteiger partial charge in [0.2, 0.25) is 0 Å². The Morgan fingerprint density at radius 3 is 2.45 bits per heavy atom. The molecule has 2 aromatic carbocycles. The molecule has 0 aliphatic carbocycles. The molecular formula is C22H18F3N3O2S. The molecule has 9 heteroatoms. The van der Waals surface area contributed by atoms with Gasteiger partial charge in [-0.3, -0.25) is 9.59 Å². The second-order valence-electron chi connectivity index (χ2n) is 6.61. The van der Waals surface area contributed by atoms with Crippen LogP contribution in [0, 0.1) is 6.92 Å². The van der Waals surface area contributed by atoms with Crippen LogP contribution >= 0.6 is 11.8 Å². The molecular weight excluding hydrogens is 427 g/mol. The highest BCUT2D eigenvalue weighted by atomic mass is 32.2. The highest BCUT2D eigenvalue weighted by molar-refractivity contribution is 8.00. The predicted molar refractivity (Wildman–Crippen MR) is 113 cm³/mol. The number of thioether (sulfide) groups is 1. The largest absolute Gasteiger partial charge is 0.447 e. The van der Waals surface area contributed by atoms with Crippen molar-refractivity contribution in [2.24, 2.45) is 0 Å². The lowest BCUT2D eigenvalue weighted by Gasteiger charge is -2.11. The van der Waals surface area contributed by atoms with Crippen molar-refractivity contribution >= 4 is 29.3 Å². The van der Waals surface area contributed by atoms with E-state index in [-0.39, 0.29) is 18.0 Å². The van der Waals surface area contributed by atoms with Gasteiger partial charge in [0.15, 0.2) is 0 Å². The Kier molecular flexibility index (Phi) is 6.96. The summed E-state index contributed by atoms with van der Waals surface area (Å²) in [5, 5.41) is 4.96. The van der Waals surface area contributed by atoms with E-state index in [0.717, 1.165) is 5.56 Å². The number of amides is 2. The molecule has 0 spiro atoms. The monoisotopic (exact) mass is 445 g/mol. The molecule has 0 unspecified atom stereocenters. The molecule has 0 fully saturated rings. The van der Waals surface area contributed by atoms with E-state index in [1.54, 1.807) is 36.4 Å². The van der Waals surface area contributed by atoms with Crippen LogP contribution in [-0.4, -0.2) is 22.3 Å². The molecule has 3 rings (SSSR count). The minimum atomic E-state index is -4.55. The van der Waals surface area contributed by atoms with E-state index in [4.69, 9.17) is 0 Å². The van der Waals surface area contributed by atoms with Crippen molar-refractivity contribution in [2.45, 2.75) is 24.0 Å². The van der Waals surface area contributed by atoms with Crippen molar-refractivity contribution in [3.63, 3.8) is 0 Å². The zero-order valence-electron chi connectivity index (χ0n) is 16.4. The van der Waals surface area contributed by atoms with Crippen LogP contribution in [0.25, 0.3) is 0 Å². The third kappa shape index (κ3) is 6.58. The van der Waals surface area contributed by atoms with Crippen LogP contribution in [0.4, 0.5) is 18.9 Å². The van der Waals surface area contributed by atoms with Crippen molar-refractivity contribution in [2.75, 3.05) is 5.32 Å². The number of aryl methyl sites for hydroxylation is 1. The first kappa shape index (κ1) is 22.4. The molecule has 0 aliphatic heterocycles. The Balaban J connectivity index is 1.65. The van der Waals surface area contributed by atoms with Crippen LogP contribution < -0.4 is 10.6 Å². The molecule has 3 aromatic rings. The number of hydrogen-bond donors (Lipinski definition) is 2. The Hall–Kier alpha value is -3.33. The second-order valence-corrected chi connectivity index (χ2v) is 7.66. The first-order valence-corrected chi connectivity index (χ1v) is 9.99. The Labute approximate surface area is 181 Å². The molecule has 0 aliphatic rings. The fourth-order valence-corrected chi connectivity index (χ4v) is 3.30. The van der Waals surface area contributed by atoms with Gasteiger partial charge in [-0.25, -0.2) is 4.98 Å². The van der Waals surface area contributed by atoms with Gasteiger partial charge in [0.1, 0.15) is 5.03 Å². The van der Waals surface area contributed by atoms with Gasteiger partial charge >= 0.3 is 5.51 Å². The number of rotatable bonds is 6. The summed E-state index contributed by atoms with van der Waals surface area (Å²) >= 11 is -0.434. The van der Waals surface area contributed by atoms with Gasteiger partial charge in [0.25, 0.3) is 11.8 Å². The molecule has 0 saturated heterocycles. The molecule has 31 heavy (non-hydrogen) atoms. The number of carbonyl (C=O) groups is 2. The summed E-state index contributed by atoms with van der Waals surface area (Å²) in [4.78, 5) is 28.4. The van der Waals surface area contributed by atoms with E-state index in [0.29, 0.717) is 16.8 Å². The van der Waals surface area contributed by atoms with Crippen molar-refractivity contribution < 1.29 is 22.8 Å². The van der Waals surface area contributed by atoms with E-state index >= 15 is 0 Å². The number of hydrogen-bond acceptors (Lipinski definition) is 4. The first-order valence-electron chi connectivity index (χ1n) is 9.17. The van der Waals surface area contributed by atoms with E-state index in [1.807, 2.05) is 19.1 Å². The van der Waals surface area contributed by atoms with Crippen molar-refractivity contribution in [1.82, 2.24) is 10.3 Å². The van der Waals surface area contributed by atoms with E-state index in [9.17, 15) is 22.8 Å². The van der Waals surface area contributed by atoms with Gasteiger partial charge in [-0.2, -0.15) is 13.2 Å². The molecule has 0 radical (unpaired) electrons. The predicted octanol–water partition coefficient (Wildman–Crippen LogP) is 5.18. The first-order chi connectivity index (χ1) is 14.7. The highest BCUT2D eigenvalue weighted by Gasteiger charge is 2.32. The molecule has 2 N–H and O–H groups in total. The molecule has 5 nitrogen and oxygen atoms in total. The quantitative estimate of drug-likeness (QED) is 0.513. The summed E-state index contributed by atoms with van der Waals surface area (Å²) in [7, 11) is 0. The average Bonchev–Trinajstić information content (AvgIpc) is 2.72. The third-order valence-corrected chi connectivity index (χ3v) is 4.93. The summed E-state index contributed by atoms with van der Waals surface area (Å²) in [6, 6.07) is 16.6. The molecule has 160 valence electrons. The van der Waals surface area contributed by atoms with Gasteiger partial charge in [0.05, 0.1) is 5.56 Å². The average molecular weight is 445 g/mol. The summed E-state index contributed by atoms with van der Waals surface area (Å²) in [5.41, 5.74) is -1.95. The lowest BCUT2D eigenvalue weighted by molar-refractivity contribution is -0.0329. The number of anilines is 1. The summed E-state index contributed by atoms with van der Waals surface area (Å²) < 4.78 is 38.0. The minimum absolute atomic E-state index is 0.0676. The smallest absolute Gasteiger partial charge is 0.348 e. The number of benzene rings is 2. The molecule has 1 aromatic heterocycles. The van der Waals surface area contributed by atoms with Crippen molar-refractivity contribution in [1.29, 1.82) is 0 Å². The second kappa shape index (κ2) is 9.65. The van der Waals surface area contributed by atoms with Gasteiger partial charge < -0.3 is 10.6 Å². The maximum Gasteiger partial charge on any atom is 0.447 e. The molecule has 0 bridgehead atoms. The van der Waals surface area contributed by atoms with Crippen LogP contribution in [0.5, 0.6) is 0 Å². The summed E-state index contributed by atoms with van der Waals surface area (Å²) in [6.07, 6.45) is 1.20. The van der Waals surface area contributed by atoms with Gasteiger partial charge in [-0.15, -0.1) is 0 Å². The third-order valence-electron chi connectivity index (χ3n) is 4.18. The van der Waals surface area contributed by atoms with E-state index < -0.39 is 28.2 Å². The minimum Gasteiger partial charge on any atom is -0.348 e. The number of nitrogens with zero attached hydrogens (tertiary/aromatic N) is 1. The van der Waals surface area contributed by atoms with E-state index in [2.05, 4.69) is 15.6 Å². The lowest BCUT2D eigenvalue weighted by atomic mass is 10.1. The number of pyridine rings is 1. The molecule has 2 amide bonds. The number of alkyl halides is 3. The van der Waals surface area contributed by atoms with Crippen LogP contribution in [-0.2, 0) is 6.54 Å². The van der Waals surface area contributed by atoms with Gasteiger partial charge in [-0.05, 0) is 48.9 Å². The highest BCUT2D eigenvalue weighted by Crippen LogP contribution is 2.37. The number of halogens is 3. The number of nitrogens with one attached hydrogen (secondary N) is 2. The zero-order chi connectivity index (χ0) is 22.4. The SMILES string of the molecule is Cc1ccc(C(=O)Nc2cccc(CNC(=O)c3cccnc3SC(F)(F)F)c2)cc1. The molecule has 0 atom stereocenters. The maximum atomic E-state index is 12.7. The van der Waals surface area contributed by atoms with Crippen LogP contribution in [0.3, 0.4) is 0 Å². The van der Waals surface area contributed by atoms with Crippen molar-refractivity contribution in [3.05, 3.63) is 89.1 Å². The fourth-order valence-electron chi connectivity index (χ4n) is 2.70. The topological polar surface area (TPSA) is 71.1 Å². The number of carbonyl (C=O) groups excluding carboxylic acids is 2. The van der Waals surface area contributed by atoms with Crippen LogP contribution in [0.2, 0.25) is 0 Å². The standard InChI is InChI=1S/C22H18F3N3O2S/c1-14-7-9-16(10-8-14)19(29)28-17-5-2-4-15(12-17)13-27-20(30)18-6-3-11-26-21(18)31-22(23,24)25/h2-12H,13H2,1H3,(H,27,30)(H,28,29). The van der Waals surface area contributed by atoms with E-state index in [1.165, 1.54) is 18.3 Å². The lowest BCUT2D eigenvalue weighted by Crippen LogP contribution is -2.24. The number of aromatic nitrogens is 1. The van der Waals surface area contributed by atoms with Crippen LogP contribution in [0.15, 0.2) is 71.9 Å². The Bertz CT molecular complexity index is 1090. The molecule has 0 saturated carbocycles. The van der Waals surface area contributed by atoms with Gasteiger partial charge in [0, 0.05) is 35.8 Å². The zero-order valence-corrected chi connectivity index (χ0v) is 17.2. The Morgan fingerprint density at radius 1 is 1.00 bits per heavy atom.